The summed E-state index contributed by atoms with van der Waals surface area (Å²) < 4.78 is 6.20. The molecule has 19 heavy (non-hydrogen) atoms. The third-order valence-electron chi connectivity index (χ3n) is 3.40. The Hall–Kier alpha value is -1.06. The van der Waals surface area contributed by atoms with E-state index in [4.69, 9.17) is 4.74 Å². The van der Waals surface area contributed by atoms with Crippen LogP contribution in [0.15, 0.2) is 18.2 Å². The van der Waals surface area contributed by atoms with Gasteiger partial charge in [-0.3, -0.25) is 4.90 Å². The molecule has 1 aliphatic rings. The van der Waals surface area contributed by atoms with Gasteiger partial charge in [-0.15, -0.1) is 0 Å². The van der Waals surface area contributed by atoms with Crippen LogP contribution < -0.4 is 10.1 Å². The molecule has 1 aromatic carbocycles. The van der Waals surface area contributed by atoms with E-state index >= 15 is 0 Å². The molecular formula is C16H26N2O. The first-order valence-corrected chi connectivity index (χ1v) is 7.15. The Labute approximate surface area is 116 Å². The minimum absolute atomic E-state index is 0.155. The second-order valence-electron chi connectivity index (χ2n) is 6.21. The van der Waals surface area contributed by atoms with Crippen molar-refractivity contribution in [3.63, 3.8) is 0 Å². The highest BCUT2D eigenvalue weighted by molar-refractivity contribution is 5.33. The number of hydrogen-bond acceptors (Lipinski definition) is 3. The van der Waals surface area contributed by atoms with Crippen molar-refractivity contribution >= 4 is 0 Å². The van der Waals surface area contributed by atoms with Gasteiger partial charge < -0.3 is 10.1 Å². The monoisotopic (exact) mass is 262 g/mol. The van der Waals surface area contributed by atoms with Crippen molar-refractivity contribution in [3.8, 4) is 5.75 Å². The van der Waals surface area contributed by atoms with Gasteiger partial charge in [-0.1, -0.05) is 6.07 Å². The molecule has 0 atom stereocenters. The summed E-state index contributed by atoms with van der Waals surface area (Å²) in [5, 5.41) is 3.38. The zero-order valence-electron chi connectivity index (χ0n) is 12.6. The van der Waals surface area contributed by atoms with Crippen molar-refractivity contribution in [3.05, 3.63) is 29.3 Å². The van der Waals surface area contributed by atoms with Gasteiger partial charge in [-0.25, -0.2) is 0 Å². The first-order chi connectivity index (χ1) is 8.94. The van der Waals surface area contributed by atoms with E-state index in [9.17, 15) is 0 Å². The molecule has 0 spiro atoms. The van der Waals surface area contributed by atoms with Gasteiger partial charge >= 0.3 is 0 Å². The fraction of sp³-hybridized carbons (Fsp3) is 0.625. The zero-order valence-corrected chi connectivity index (χ0v) is 12.6. The van der Waals surface area contributed by atoms with Crippen LogP contribution >= 0.6 is 0 Å². The quantitative estimate of drug-likeness (QED) is 0.901. The summed E-state index contributed by atoms with van der Waals surface area (Å²) in [6.07, 6.45) is 0. The molecule has 0 aromatic heterocycles. The van der Waals surface area contributed by atoms with Gasteiger partial charge in [0, 0.05) is 32.7 Å². The Kier molecular flexibility index (Phi) is 4.48. The SMILES string of the molecule is Cc1cc(C)cc(OC(C)(C)CN2CCNCC2)c1. The fourth-order valence-corrected chi connectivity index (χ4v) is 2.75. The highest BCUT2D eigenvalue weighted by Gasteiger charge is 2.24. The first-order valence-electron chi connectivity index (χ1n) is 7.15. The van der Waals surface area contributed by atoms with Gasteiger partial charge in [-0.05, 0) is 51.0 Å². The van der Waals surface area contributed by atoms with Gasteiger partial charge in [0.25, 0.3) is 0 Å². The van der Waals surface area contributed by atoms with E-state index in [0.29, 0.717) is 0 Å². The summed E-state index contributed by atoms with van der Waals surface area (Å²) in [4.78, 5) is 2.47. The molecular weight excluding hydrogens is 236 g/mol. The number of ether oxygens (including phenoxy) is 1. The minimum atomic E-state index is -0.155. The second kappa shape index (κ2) is 5.93. The number of rotatable bonds is 4. The van der Waals surface area contributed by atoms with Gasteiger partial charge in [0.2, 0.25) is 0 Å². The van der Waals surface area contributed by atoms with Crippen LogP contribution in [0.5, 0.6) is 5.75 Å². The van der Waals surface area contributed by atoms with Crippen LogP contribution in [0.3, 0.4) is 0 Å². The zero-order chi connectivity index (χ0) is 13.9. The van der Waals surface area contributed by atoms with Gasteiger partial charge in [0.15, 0.2) is 0 Å². The Morgan fingerprint density at radius 1 is 1.11 bits per heavy atom. The standard InChI is InChI=1S/C16H26N2O/c1-13-9-14(2)11-15(10-13)19-16(3,4)12-18-7-5-17-6-8-18/h9-11,17H,5-8,12H2,1-4H3. The van der Waals surface area contributed by atoms with E-state index in [-0.39, 0.29) is 5.60 Å². The molecule has 0 bridgehead atoms. The summed E-state index contributed by atoms with van der Waals surface area (Å²) in [6.45, 7) is 13.9. The van der Waals surface area contributed by atoms with Crippen LogP contribution in [-0.4, -0.2) is 43.2 Å². The number of aryl methyl sites for hydroxylation is 2. The summed E-state index contributed by atoms with van der Waals surface area (Å²) in [6, 6.07) is 6.41. The Balaban J connectivity index is 1.98. The highest BCUT2D eigenvalue weighted by Crippen LogP contribution is 2.22. The maximum absolute atomic E-state index is 6.20. The number of benzene rings is 1. The third kappa shape index (κ3) is 4.51. The normalized spacial score (nSPS) is 17.5. The molecule has 3 nitrogen and oxygen atoms in total. The van der Waals surface area contributed by atoms with Crippen LogP contribution in [0, 0.1) is 13.8 Å². The molecule has 2 rings (SSSR count). The van der Waals surface area contributed by atoms with Crippen LogP contribution in [0.1, 0.15) is 25.0 Å². The molecule has 1 aromatic rings. The molecule has 0 saturated carbocycles. The second-order valence-corrected chi connectivity index (χ2v) is 6.21. The van der Waals surface area contributed by atoms with Gasteiger partial charge in [0.1, 0.15) is 11.4 Å². The molecule has 0 radical (unpaired) electrons. The lowest BCUT2D eigenvalue weighted by Gasteiger charge is -2.35. The molecule has 3 heteroatoms. The van der Waals surface area contributed by atoms with Crippen molar-refractivity contribution in [2.75, 3.05) is 32.7 Å². The molecule has 0 amide bonds. The van der Waals surface area contributed by atoms with Gasteiger partial charge in [-0.2, -0.15) is 0 Å². The summed E-state index contributed by atoms with van der Waals surface area (Å²) in [5.74, 6) is 0.984. The first kappa shape index (κ1) is 14.4. The minimum Gasteiger partial charge on any atom is -0.487 e. The van der Waals surface area contributed by atoms with E-state index in [1.165, 1.54) is 11.1 Å². The Bertz CT molecular complexity index is 403. The average molecular weight is 262 g/mol. The summed E-state index contributed by atoms with van der Waals surface area (Å²) >= 11 is 0. The average Bonchev–Trinajstić information content (AvgIpc) is 2.27. The lowest BCUT2D eigenvalue weighted by atomic mass is 10.1. The third-order valence-corrected chi connectivity index (χ3v) is 3.40. The number of nitrogens with one attached hydrogen (secondary N) is 1. The number of nitrogens with zero attached hydrogens (tertiary/aromatic N) is 1. The van der Waals surface area contributed by atoms with Crippen LogP contribution in [0.2, 0.25) is 0 Å². The van der Waals surface area contributed by atoms with E-state index in [0.717, 1.165) is 38.5 Å². The Morgan fingerprint density at radius 3 is 2.26 bits per heavy atom. The molecule has 1 N–H and O–H groups in total. The topological polar surface area (TPSA) is 24.5 Å². The van der Waals surface area contributed by atoms with Crippen LogP contribution in [-0.2, 0) is 0 Å². The van der Waals surface area contributed by atoms with Crippen LogP contribution in [0.25, 0.3) is 0 Å². The van der Waals surface area contributed by atoms with Crippen molar-refractivity contribution < 1.29 is 4.74 Å². The van der Waals surface area contributed by atoms with Crippen molar-refractivity contribution in [1.29, 1.82) is 0 Å². The highest BCUT2D eigenvalue weighted by atomic mass is 16.5. The predicted octanol–water partition coefficient (Wildman–Crippen LogP) is 2.37. The number of hydrogen-bond donors (Lipinski definition) is 1. The summed E-state index contributed by atoms with van der Waals surface area (Å²) in [7, 11) is 0. The smallest absolute Gasteiger partial charge is 0.120 e. The maximum Gasteiger partial charge on any atom is 0.120 e. The van der Waals surface area contributed by atoms with Gasteiger partial charge in [0.05, 0.1) is 0 Å². The van der Waals surface area contributed by atoms with E-state index in [1.54, 1.807) is 0 Å². The fourth-order valence-electron chi connectivity index (χ4n) is 2.75. The van der Waals surface area contributed by atoms with Crippen molar-refractivity contribution in [2.24, 2.45) is 0 Å². The van der Waals surface area contributed by atoms with E-state index < -0.39 is 0 Å². The molecule has 1 heterocycles. The molecule has 106 valence electrons. The van der Waals surface area contributed by atoms with Crippen molar-refractivity contribution in [1.82, 2.24) is 10.2 Å². The molecule has 0 unspecified atom stereocenters. The molecule has 1 saturated heterocycles. The predicted molar refractivity (Wildman–Crippen MR) is 79.9 cm³/mol. The number of piperazine rings is 1. The van der Waals surface area contributed by atoms with E-state index in [2.05, 4.69) is 56.1 Å². The van der Waals surface area contributed by atoms with Crippen LogP contribution in [0.4, 0.5) is 0 Å². The lowest BCUT2D eigenvalue weighted by Crippen LogP contribution is -2.50. The molecule has 1 aliphatic heterocycles. The molecule has 1 fully saturated rings. The summed E-state index contributed by atoms with van der Waals surface area (Å²) in [5.41, 5.74) is 2.36. The van der Waals surface area contributed by atoms with E-state index in [1.807, 2.05) is 0 Å². The lowest BCUT2D eigenvalue weighted by molar-refractivity contribution is 0.0547. The largest absolute Gasteiger partial charge is 0.487 e. The maximum atomic E-state index is 6.20. The molecule has 0 aliphatic carbocycles. The van der Waals surface area contributed by atoms with Crippen molar-refractivity contribution in [2.45, 2.75) is 33.3 Å². The Morgan fingerprint density at radius 2 is 1.68 bits per heavy atom.